The Balaban J connectivity index is 3.37. The van der Waals surface area contributed by atoms with E-state index in [4.69, 9.17) is 5.11 Å². The Morgan fingerprint density at radius 3 is 2.44 bits per heavy atom. The standard InChI is InChI=1S/C12H26N2O2/c1-11(10-12(16)14(2)3)13-8-6-4-5-7-9-15/h11,13,15H,4-10H2,1-3H3. The van der Waals surface area contributed by atoms with Crippen LogP contribution in [-0.2, 0) is 4.79 Å². The predicted octanol–water partition coefficient (Wildman–Crippen LogP) is 0.995. The summed E-state index contributed by atoms with van der Waals surface area (Å²) in [6.07, 6.45) is 4.80. The highest BCUT2D eigenvalue weighted by Crippen LogP contribution is 1.99. The molecule has 0 aliphatic carbocycles. The maximum absolute atomic E-state index is 11.4. The third-order valence-electron chi connectivity index (χ3n) is 2.56. The van der Waals surface area contributed by atoms with E-state index in [-0.39, 0.29) is 11.9 Å². The monoisotopic (exact) mass is 230 g/mol. The van der Waals surface area contributed by atoms with E-state index >= 15 is 0 Å². The fourth-order valence-electron chi connectivity index (χ4n) is 1.46. The Morgan fingerprint density at radius 1 is 1.25 bits per heavy atom. The number of aliphatic hydroxyl groups is 1. The maximum atomic E-state index is 11.4. The van der Waals surface area contributed by atoms with Crippen LogP contribution >= 0.6 is 0 Å². The van der Waals surface area contributed by atoms with E-state index in [9.17, 15) is 4.79 Å². The first-order valence-corrected chi connectivity index (χ1v) is 6.12. The Bertz CT molecular complexity index is 184. The van der Waals surface area contributed by atoms with Crippen LogP contribution in [0.4, 0.5) is 0 Å². The molecule has 4 heteroatoms. The summed E-state index contributed by atoms with van der Waals surface area (Å²) < 4.78 is 0. The van der Waals surface area contributed by atoms with E-state index < -0.39 is 0 Å². The average Bonchev–Trinajstić information content (AvgIpc) is 2.23. The van der Waals surface area contributed by atoms with Gasteiger partial charge < -0.3 is 15.3 Å². The Kier molecular flexibility index (Phi) is 9.24. The SMILES string of the molecule is CC(CC(=O)N(C)C)NCCCCCCO. The van der Waals surface area contributed by atoms with Gasteiger partial charge in [-0.15, -0.1) is 0 Å². The first kappa shape index (κ1) is 15.4. The van der Waals surface area contributed by atoms with E-state index in [0.29, 0.717) is 13.0 Å². The molecule has 0 aliphatic rings. The predicted molar refractivity (Wildman–Crippen MR) is 66.3 cm³/mol. The van der Waals surface area contributed by atoms with Gasteiger partial charge in [-0.2, -0.15) is 0 Å². The summed E-state index contributed by atoms with van der Waals surface area (Å²) in [6.45, 7) is 3.28. The summed E-state index contributed by atoms with van der Waals surface area (Å²) in [5.41, 5.74) is 0. The fourth-order valence-corrected chi connectivity index (χ4v) is 1.46. The van der Waals surface area contributed by atoms with Crippen molar-refractivity contribution in [2.75, 3.05) is 27.2 Å². The molecule has 0 radical (unpaired) electrons. The molecule has 0 aromatic carbocycles. The van der Waals surface area contributed by atoms with Gasteiger partial charge in [0.2, 0.25) is 5.91 Å². The lowest BCUT2D eigenvalue weighted by Gasteiger charge is -2.16. The third kappa shape index (κ3) is 8.68. The highest BCUT2D eigenvalue weighted by atomic mass is 16.2. The molecule has 1 atom stereocenters. The Hall–Kier alpha value is -0.610. The van der Waals surface area contributed by atoms with E-state index in [1.807, 2.05) is 6.92 Å². The highest BCUT2D eigenvalue weighted by molar-refractivity contribution is 5.76. The van der Waals surface area contributed by atoms with Gasteiger partial charge in [-0.3, -0.25) is 4.79 Å². The van der Waals surface area contributed by atoms with Gasteiger partial charge in [-0.1, -0.05) is 12.8 Å². The van der Waals surface area contributed by atoms with Crippen molar-refractivity contribution in [3.8, 4) is 0 Å². The van der Waals surface area contributed by atoms with E-state index in [0.717, 1.165) is 32.2 Å². The topological polar surface area (TPSA) is 52.6 Å². The van der Waals surface area contributed by atoms with Crippen molar-refractivity contribution < 1.29 is 9.90 Å². The first-order valence-electron chi connectivity index (χ1n) is 6.12. The number of carbonyl (C=O) groups is 1. The second-order valence-electron chi connectivity index (χ2n) is 4.49. The zero-order valence-corrected chi connectivity index (χ0v) is 10.8. The molecule has 0 rings (SSSR count). The van der Waals surface area contributed by atoms with Crippen LogP contribution in [0.2, 0.25) is 0 Å². The van der Waals surface area contributed by atoms with Crippen molar-refractivity contribution in [2.45, 2.75) is 45.1 Å². The van der Waals surface area contributed by atoms with Gasteiger partial charge in [-0.25, -0.2) is 0 Å². The van der Waals surface area contributed by atoms with Crippen LogP contribution in [0.15, 0.2) is 0 Å². The van der Waals surface area contributed by atoms with Gasteiger partial charge in [0.15, 0.2) is 0 Å². The zero-order chi connectivity index (χ0) is 12.4. The molecule has 0 bridgehead atoms. The van der Waals surface area contributed by atoms with E-state index in [1.54, 1.807) is 19.0 Å². The van der Waals surface area contributed by atoms with Gasteiger partial charge in [0.25, 0.3) is 0 Å². The lowest BCUT2D eigenvalue weighted by Crippen LogP contribution is -2.33. The lowest BCUT2D eigenvalue weighted by atomic mass is 10.2. The molecule has 0 heterocycles. The summed E-state index contributed by atoms with van der Waals surface area (Å²) in [7, 11) is 3.56. The molecule has 0 saturated heterocycles. The molecule has 1 amide bonds. The molecule has 0 aliphatic heterocycles. The van der Waals surface area contributed by atoms with E-state index in [1.165, 1.54) is 0 Å². The third-order valence-corrected chi connectivity index (χ3v) is 2.56. The summed E-state index contributed by atoms with van der Waals surface area (Å²) in [5.74, 6) is 0.167. The van der Waals surface area contributed by atoms with Crippen LogP contribution in [-0.4, -0.2) is 49.2 Å². The zero-order valence-electron chi connectivity index (χ0n) is 10.8. The van der Waals surface area contributed by atoms with Crippen molar-refractivity contribution in [1.82, 2.24) is 10.2 Å². The smallest absolute Gasteiger partial charge is 0.223 e. The number of nitrogens with zero attached hydrogens (tertiary/aromatic N) is 1. The first-order chi connectivity index (χ1) is 7.57. The van der Waals surface area contributed by atoms with Crippen molar-refractivity contribution in [3.63, 3.8) is 0 Å². The number of hydrogen-bond acceptors (Lipinski definition) is 3. The molecule has 96 valence electrons. The van der Waals surface area contributed by atoms with Crippen molar-refractivity contribution >= 4 is 5.91 Å². The maximum Gasteiger partial charge on any atom is 0.223 e. The van der Waals surface area contributed by atoms with Crippen LogP contribution in [0.5, 0.6) is 0 Å². The number of aliphatic hydroxyl groups excluding tert-OH is 1. The lowest BCUT2D eigenvalue weighted by molar-refractivity contribution is -0.129. The van der Waals surface area contributed by atoms with Crippen LogP contribution in [0, 0.1) is 0 Å². The summed E-state index contributed by atoms with van der Waals surface area (Å²) in [6, 6.07) is 0.243. The molecular weight excluding hydrogens is 204 g/mol. The van der Waals surface area contributed by atoms with Gasteiger partial charge in [0.05, 0.1) is 0 Å². The minimum Gasteiger partial charge on any atom is -0.396 e. The number of amides is 1. The Labute approximate surface area is 99.0 Å². The van der Waals surface area contributed by atoms with Crippen LogP contribution in [0.25, 0.3) is 0 Å². The molecule has 4 nitrogen and oxygen atoms in total. The van der Waals surface area contributed by atoms with Crippen molar-refractivity contribution in [2.24, 2.45) is 0 Å². The average molecular weight is 230 g/mol. The van der Waals surface area contributed by atoms with Gasteiger partial charge in [-0.05, 0) is 26.3 Å². The van der Waals surface area contributed by atoms with Crippen molar-refractivity contribution in [1.29, 1.82) is 0 Å². The summed E-state index contributed by atoms with van der Waals surface area (Å²) in [4.78, 5) is 13.0. The molecule has 1 unspecified atom stereocenters. The molecule has 2 N–H and O–H groups in total. The minimum absolute atomic E-state index is 0.167. The van der Waals surface area contributed by atoms with Gasteiger partial charge >= 0.3 is 0 Å². The summed E-state index contributed by atoms with van der Waals surface area (Å²) in [5, 5.41) is 11.9. The van der Waals surface area contributed by atoms with Crippen LogP contribution < -0.4 is 5.32 Å². The number of nitrogens with one attached hydrogen (secondary N) is 1. The Morgan fingerprint density at radius 2 is 1.88 bits per heavy atom. The molecule has 0 saturated carbocycles. The van der Waals surface area contributed by atoms with Crippen LogP contribution in [0.3, 0.4) is 0 Å². The molecule has 16 heavy (non-hydrogen) atoms. The van der Waals surface area contributed by atoms with Gasteiger partial charge in [0, 0.05) is 33.2 Å². The second kappa shape index (κ2) is 9.60. The largest absolute Gasteiger partial charge is 0.396 e. The fraction of sp³-hybridized carbons (Fsp3) is 0.917. The normalized spacial score (nSPS) is 12.5. The highest BCUT2D eigenvalue weighted by Gasteiger charge is 2.09. The number of rotatable bonds is 9. The summed E-state index contributed by atoms with van der Waals surface area (Å²) >= 11 is 0. The molecule has 0 aromatic rings. The number of unbranched alkanes of at least 4 members (excludes halogenated alkanes) is 3. The van der Waals surface area contributed by atoms with Crippen LogP contribution in [0.1, 0.15) is 39.0 Å². The number of hydrogen-bond donors (Lipinski definition) is 2. The van der Waals surface area contributed by atoms with E-state index in [2.05, 4.69) is 5.32 Å². The molecular formula is C12H26N2O2. The van der Waals surface area contributed by atoms with Gasteiger partial charge in [0.1, 0.15) is 0 Å². The molecule has 0 spiro atoms. The minimum atomic E-state index is 0.167. The molecule has 0 aromatic heterocycles. The van der Waals surface area contributed by atoms with Crippen molar-refractivity contribution in [3.05, 3.63) is 0 Å². The second-order valence-corrected chi connectivity index (χ2v) is 4.49. The molecule has 0 fully saturated rings. The number of carbonyl (C=O) groups excluding carboxylic acids is 1. The quantitative estimate of drug-likeness (QED) is 0.581.